The molecule has 0 radical (unpaired) electrons. The van der Waals surface area contributed by atoms with Crippen molar-refractivity contribution in [1.29, 1.82) is 0 Å². The molecule has 1 atom stereocenters. The van der Waals surface area contributed by atoms with Crippen LogP contribution in [0.2, 0.25) is 0 Å². The lowest BCUT2D eigenvalue weighted by Gasteiger charge is -2.11. The second-order valence-corrected chi connectivity index (χ2v) is 6.71. The van der Waals surface area contributed by atoms with E-state index in [2.05, 4.69) is 53.1 Å². The number of ether oxygens (including phenoxy) is 1. The maximum atomic E-state index is 13.3. The summed E-state index contributed by atoms with van der Waals surface area (Å²) in [5.74, 6) is 1.23. The van der Waals surface area contributed by atoms with Crippen LogP contribution in [0.4, 0.5) is 4.39 Å². The number of aromatic amines is 1. The van der Waals surface area contributed by atoms with Crippen LogP contribution in [0.25, 0.3) is 11.2 Å². The van der Waals surface area contributed by atoms with Crippen molar-refractivity contribution >= 4 is 11.2 Å². The van der Waals surface area contributed by atoms with E-state index >= 15 is 0 Å². The number of rotatable bonds is 5. The molecule has 27 heavy (non-hydrogen) atoms. The van der Waals surface area contributed by atoms with Crippen LogP contribution in [0.15, 0.2) is 60.8 Å². The van der Waals surface area contributed by atoms with Gasteiger partial charge in [-0.15, -0.1) is 0 Å². The highest BCUT2D eigenvalue weighted by atomic mass is 19.1. The fourth-order valence-corrected chi connectivity index (χ4v) is 2.96. The van der Waals surface area contributed by atoms with Gasteiger partial charge in [-0.1, -0.05) is 48.9 Å². The summed E-state index contributed by atoms with van der Waals surface area (Å²) in [6.45, 7) is 4.66. The number of aromatic nitrogens is 3. The highest BCUT2D eigenvalue weighted by Gasteiger charge is 2.14. The van der Waals surface area contributed by atoms with E-state index in [1.807, 2.05) is 24.3 Å². The Kier molecular flexibility index (Phi) is 4.59. The molecule has 1 N–H and O–H groups in total. The Morgan fingerprint density at radius 3 is 2.56 bits per heavy atom. The monoisotopic (exact) mass is 361 g/mol. The molecule has 1 unspecified atom stereocenters. The topological polar surface area (TPSA) is 50.8 Å². The van der Waals surface area contributed by atoms with Gasteiger partial charge in [0.1, 0.15) is 29.5 Å². The molecule has 4 aromatic rings. The molecule has 0 amide bonds. The first-order valence-corrected chi connectivity index (χ1v) is 8.88. The lowest BCUT2D eigenvalue weighted by molar-refractivity contribution is 0.306. The molecule has 2 heterocycles. The molecular formula is C22H20FN3O. The van der Waals surface area contributed by atoms with Gasteiger partial charge >= 0.3 is 0 Å². The number of benzene rings is 2. The summed E-state index contributed by atoms with van der Waals surface area (Å²) in [7, 11) is 0. The van der Waals surface area contributed by atoms with Gasteiger partial charge in [-0.05, 0) is 30.2 Å². The van der Waals surface area contributed by atoms with Crippen LogP contribution >= 0.6 is 0 Å². The number of nitrogens with one attached hydrogen (secondary N) is 1. The van der Waals surface area contributed by atoms with Crippen molar-refractivity contribution in [2.24, 2.45) is 0 Å². The van der Waals surface area contributed by atoms with Crippen LogP contribution in [0.1, 0.15) is 35.4 Å². The van der Waals surface area contributed by atoms with Crippen molar-refractivity contribution < 1.29 is 9.13 Å². The third-order valence-electron chi connectivity index (χ3n) is 4.64. The van der Waals surface area contributed by atoms with Crippen LogP contribution < -0.4 is 4.74 Å². The summed E-state index contributed by atoms with van der Waals surface area (Å²) in [5, 5.41) is 0. The first-order chi connectivity index (χ1) is 13.1. The molecule has 5 heteroatoms. The van der Waals surface area contributed by atoms with E-state index in [0.717, 1.165) is 22.7 Å². The quantitative estimate of drug-likeness (QED) is 0.536. The summed E-state index contributed by atoms with van der Waals surface area (Å²) in [6.07, 6.45) is 1.19. The Morgan fingerprint density at radius 2 is 1.81 bits per heavy atom. The summed E-state index contributed by atoms with van der Waals surface area (Å²) >= 11 is 0. The van der Waals surface area contributed by atoms with Gasteiger partial charge in [0.15, 0.2) is 5.65 Å². The summed E-state index contributed by atoms with van der Waals surface area (Å²) in [5.41, 5.74) is 4.60. The van der Waals surface area contributed by atoms with E-state index in [0.29, 0.717) is 17.8 Å². The Hall–Kier alpha value is -3.21. The molecule has 0 aliphatic carbocycles. The van der Waals surface area contributed by atoms with Crippen LogP contribution in [-0.2, 0) is 6.61 Å². The average molecular weight is 361 g/mol. The van der Waals surface area contributed by atoms with Crippen LogP contribution in [0, 0.1) is 12.7 Å². The molecule has 136 valence electrons. The highest BCUT2D eigenvalue weighted by molar-refractivity contribution is 5.70. The molecule has 2 aromatic heterocycles. The lowest BCUT2D eigenvalue weighted by atomic mass is 10.0. The van der Waals surface area contributed by atoms with Crippen LogP contribution in [-0.4, -0.2) is 15.0 Å². The van der Waals surface area contributed by atoms with Gasteiger partial charge in [0.2, 0.25) is 0 Å². The molecule has 0 spiro atoms. The molecule has 2 aromatic carbocycles. The molecule has 0 aliphatic rings. The first kappa shape index (κ1) is 17.2. The smallest absolute Gasteiger partial charge is 0.157 e. The fraction of sp³-hybridized carbons (Fsp3) is 0.182. The normalized spacial score (nSPS) is 12.3. The van der Waals surface area contributed by atoms with Gasteiger partial charge in [0.05, 0.1) is 6.20 Å². The van der Waals surface area contributed by atoms with Crippen LogP contribution in [0.5, 0.6) is 5.75 Å². The molecule has 0 aliphatic heterocycles. The second kappa shape index (κ2) is 7.19. The van der Waals surface area contributed by atoms with Gasteiger partial charge in [0.25, 0.3) is 0 Å². The van der Waals surface area contributed by atoms with Crippen molar-refractivity contribution in [3.8, 4) is 5.75 Å². The molecule has 4 rings (SSSR count). The van der Waals surface area contributed by atoms with Gasteiger partial charge in [-0.3, -0.25) is 0 Å². The zero-order valence-corrected chi connectivity index (χ0v) is 15.2. The van der Waals surface area contributed by atoms with Crippen LogP contribution in [0.3, 0.4) is 0 Å². The van der Waals surface area contributed by atoms with E-state index in [1.54, 1.807) is 0 Å². The molecular weight excluding hydrogens is 341 g/mol. The largest absolute Gasteiger partial charge is 0.489 e. The molecule has 0 saturated heterocycles. The van der Waals surface area contributed by atoms with Crippen molar-refractivity contribution in [1.82, 2.24) is 15.0 Å². The number of H-pyrrole nitrogens is 1. The molecule has 4 nitrogen and oxygen atoms in total. The summed E-state index contributed by atoms with van der Waals surface area (Å²) < 4.78 is 19.2. The van der Waals surface area contributed by atoms with E-state index in [4.69, 9.17) is 4.74 Å². The van der Waals surface area contributed by atoms with E-state index in [-0.39, 0.29) is 11.7 Å². The maximum absolute atomic E-state index is 13.3. The first-order valence-electron chi connectivity index (χ1n) is 8.88. The number of imidazole rings is 1. The van der Waals surface area contributed by atoms with Gasteiger partial charge in [-0.2, -0.15) is 0 Å². The van der Waals surface area contributed by atoms with Gasteiger partial charge in [0, 0.05) is 12.0 Å². The van der Waals surface area contributed by atoms with Gasteiger partial charge in [-0.25, -0.2) is 14.4 Å². The Balaban J connectivity index is 1.46. The van der Waals surface area contributed by atoms with E-state index in [1.165, 1.54) is 17.8 Å². The predicted molar refractivity (Wildman–Crippen MR) is 103 cm³/mol. The number of fused-ring (bicyclic) bond motifs is 1. The average Bonchev–Trinajstić information content (AvgIpc) is 3.10. The number of aryl methyl sites for hydroxylation is 1. The Labute approximate surface area is 157 Å². The Bertz CT molecular complexity index is 1060. The minimum atomic E-state index is -0.386. The fourth-order valence-electron chi connectivity index (χ4n) is 2.96. The Morgan fingerprint density at radius 1 is 1.07 bits per heavy atom. The zero-order valence-electron chi connectivity index (χ0n) is 15.2. The zero-order chi connectivity index (χ0) is 18.8. The minimum Gasteiger partial charge on any atom is -0.489 e. The van der Waals surface area contributed by atoms with Gasteiger partial charge < -0.3 is 9.72 Å². The molecule has 0 saturated carbocycles. The standard InChI is InChI=1S/C22H20FN3O/c1-14-3-5-16(6-4-14)13-27-19-9-7-17(8-10-19)15(2)21-25-20-11-18(23)12-24-22(20)26-21/h3-12,15H,13H2,1-2H3,(H,24,25,26). The minimum absolute atomic E-state index is 0.0356. The predicted octanol–water partition coefficient (Wildman–Crippen LogP) is 5.14. The summed E-state index contributed by atoms with van der Waals surface area (Å²) in [4.78, 5) is 11.7. The second-order valence-electron chi connectivity index (χ2n) is 6.71. The maximum Gasteiger partial charge on any atom is 0.157 e. The highest BCUT2D eigenvalue weighted by Crippen LogP contribution is 2.26. The number of nitrogens with zero attached hydrogens (tertiary/aromatic N) is 2. The lowest BCUT2D eigenvalue weighted by Crippen LogP contribution is -1.99. The number of hydrogen-bond acceptors (Lipinski definition) is 3. The number of pyridine rings is 1. The number of hydrogen-bond donors (Lipinski definition) is 1. The molecule has 0 bridgehead atoms. The third-order valence-corrected chi connectivity index (χ3v) is 4.64. The third kappa shape index (κ3) is 3.82. The van der Waals surface area contributed by atoms with Crippen molar-refractivity contribution in [3.05, 3.63) is 89.1 Å². The van der Waals surface area contributed by atoms with E-state index < -0.39 is 0 Å². The van der Waals surface area contributed by atoms with Crippen molar-refractivity contribution in [2.75, 3.05) is 0 Å². The SMILES string of the molecule is Cc1ccc(COc2ccc(C(C)c3nc4cc(F)cnc4[nH]3)cc2)cc1. The van der Waals surface area contributed by atoms with E-state index in [9.17, 15) is 4.39 Å². The summed E-state index contributed by atoms with van der Waals surface area (Å²) in [6, 6.07) is 17.7. The number of halogens is 1. The van der Waals surface area contributed by atoms with Crippen molar-refractivity contribution in [3.63, 3.8) is 0 Å². The van der Waals surface area contributed by atoms with Crippen molar-refractivity contribution in [2.45, 2.75) is 26.4 Å². The molecule has 0 fully saturated rings.